The largest absolute Gasteiger partial charge is 0.462 e. The number of ether oxygens (including phenoxy) is 2. The van der Waals surface area contributed by atoms with E-state index in [-0.39, 0.29) is 25.1 Å². The summed E-state index contributed by atoms with van der Waals surface area (Å²) < 4.78 is 16.0. The van der Waals surface area contributed by atoms with Gasteiger partial charge < -0.3 is 13.9 Å². The molecule has 1 amide bonds. The zero-order valence-corrected chi connectivity index (χ0v) is 18.5. The van der Waals surface area contributed by atoms with Crippen LogP contribution < -0.4 is 5.01 Å². The van der Waals surface area contributed by atoms with Crippen LogP contribution in [0.25, 0.3) is 17.4 Å². The third-order valence-corrected chi connectivity index (χ3v) is 5.57. The minimum atomic E-state index is -0.418. The van der Waals surface area contributed by atoms with Crippen LogP contribution in [0.5, 0.6) is 0 Å². The molecule has 0 unspecified atom stereocenters. The van der Waals surface area contributed by atoms with E-state index in [0.717, 1.165) is 11.1 Å². The van der Waals surface area contributed by atoms with E-state index in [9.17, 15) is 14.4 Å². The van der Waals surface area contributed by atoms with E-state index in [0.29, 0.717) is 39.6 Å². The minimum absolute atomic E-state index is 0.250. The molecule has 0 bridgehead atoms. The van der Waals surface area contributed by atoms with Gasteiger partial charge in [0.25, 0.3) is 5.91 Å². The van der Waals surface area contributed by atoms with Gasteiger partial charge >= 0.3 is 11.9 Å². The van der Waals surface area contributed by atoms with Crippen molar-refractivity contribution < 1.29 is 28.3 Å². The summed E-state index contributed by atoms with van der Waals surface area (Å²) in [6, 6.07) is 15.5. The van der Waals surface area contributed by atoms with Crippen LogP contribution in [-0.4, -0.2) is 30.2 Å². The molecule has 2 aromatic carbocycles. The first-order valence-corrected chi connectivity index (χ1v) is 10.7. The Bertz CT molecular complexity index is 1380. The summed E-state index contributed by atoms with van der Waals surface area (Å²) in [5.41, 5.74) is 4.09. The molecule has 2 aliphatic heterocycles. The normalized spacial score (nSPS) is 16.0. The number of carbonyl (C=O) groups excluding carboxylic acids is 3. The molecule has 0 saturated heterocycles. The number of hydrogen-bond acceptors (Lipinski definition) is 7. The second-order valence-electron chi connectivity index (χ2n) is 7.78. The molecule has 0 radical (unpaired) electrons. The minimum Gasteiger partial charge on any atom is -0.462 e. The van der Waals surface area contributed by atoms with E-state index in [1.165, 1.54) is 5.01 Å². The van der Waals surface area contributed by atoms with Gasteiger partial charge in [-0.15, -0.1) is 0 Å². The van der Waals surface area contributed by atoms with Crippen molar-refractivity contribution in [3.05, 3.63) is 82.6 Å². The Hall–Kier alpha value is -4.46. The number of rotatable bonds is 5. The first-order chi connectivity index (χ1) is 16.4. The predicted molar refractivity (Wildman–Crippen MR) is 124 cm³/mol. The molecular weight excluding hydrogens is 436 g/mol. The molecule has 3 heterocycles. The molecule has 8 nitrogen and oxygen atoms in total. The summed E-state index contributed by atoms with van der Waals surface area (Å²) in [5.74, 6) is 0.0763. The van der Waals surface area contributed by atoms with Crippen molar-refractivity contribution in [2.45, 2.75) is 20.5 Å². The van der Waals surface area contributed by atoms with Gasteiger partial charge in [0.05, 0.1) is 34.7 Å². The first kappa shape index (κ1) is 21.4. The lowest BCUT2D eigenvalue weighted by Crippen LogP contribution is -2.21. The summed E-state index contributed by atoms with van der Waals surface area (Å²) in [4.78, 5) is 36.5. The van der Waals surface area contributed by atoms with Crippen molar-refractivity contribution in [2.75, 3.05) is 11.6 Å². The maximum absolute atomic E-state index is 13.0. The van der Waals surface area contributed by atoms with Crippen molar-refractivity contribution in [3.63, 3.8) is 0 Å². The van der Waals surface area contributed by atoms with Crippen molar-refractivity contribution in [3.8, 4) is 11.3 Å². The molecule has 0 N–H and O–H groups in total. The Morgan fingerprint density at radius 1 is 1.12 bits per heavy atom. The van der Waals surface area contributed by atoms with E-state index in [1.54, 1.807) is 62.4 Å². The molecule has 0 saturated carbocycles. The molecule has 5 rings (SSSR count). The molecule has 0 aliphatic carbocycles. The van der Waals surface area contributed by atoms with E-state index >= 15 is 0 Å². The number of fused-ring (bicyclic) bond motifs is 1. The molecule has 0 fully saturated rings. The average Bonchev–Trinajstić information content (AvgIpc) is 3.54. The number of hydrazone groups is 1. The average molecular weight is 456 g/mol. The molecule has 1 aromatic heterocycles. The van der Waals surface area contributed by atoms with Crippen LogP contribution in [-0.2, 0) is 20.9 Å². The first-order valence-electron chi connectivity index (χ1n) is 10.7. The second-order valence-corrected chi connectivity index (χ2v) is 7.78. The van der Waals surface area contributed by atoms with Crippen molar-refractivity contribution in [1.29, 1.82) is 0 Å². The molecular formula is C26H20N2O6. The molecule has 8 heteroatoms. The third-order valence-electron chi connectivity index (χ3n) is 5.57. The second kappa shape index (κ2) is 8.47. The van der Waals surface area contributed by atoms with E-state index in [1.807, 2.05) is 12.1 Å². The smallest absolute Gasteiger partial charge is 0.338 e. The van der Waals surface area contributed by atoms with Crippen molar-refractivity contribution in [1.82, 2.24) is 0 Å². The van der Waals surface area contributed by atoms with Crippen LogP contribution in [0.4, 0.5) is 5.69 Å². The van der Waals surface area contributed by atoms with E-state index < -0.39 is 5.97 Å². The highest BCUT2D eigenvalue weighted by atomic mass is 16.5. The lowest BCUT2D eigenvalue weighted by molar-refractivity contribution is -0.114. The SMILES string of the molecule is CCOC(=O)c1ccc(N2N=C(C)C(=Cc3ccc(-c4ccc5c(c4)COC5=O)o3)C2=O)cc1. The number of hydrogen-bond donors (Lipinski definition) is 0. The predicted octanol–water partition coefficient (Wildman–Crippen LogP) is 4.60. The van der Waals surface area contributed by atoms with Gasteiger partial charge in [-0.25, -0.2) is 9.59 Å². The van der Waals surface area contributed by atoms with Crippen molar-refractivity contribution in [2.24, 2.45) is 5.10 Å². The Morgan fingerprint density at radius 2 is 1.91 bits per heavy atom. The molecule has 0 spiro atoms. The maximum Gasteiger partial charge on any atom is 0.338 e. The summed E-state index contributed by atoms with van der Waals surface area (Å²) in [5, 5.41) is 5.66. The Labute approximate surface area is 195 Å². The molecule has 0 atom stereocenters. The van der Waals surface area contributed by atoms with E-state index in [4.69, 9.17) is 13.9 Å². The van der Waals surface area contributed by atoms with Gasteiger partial charge in [0, 0.05) is 11.1 Å². The monoisotopic (exact) mass is 456 g/mol. The summed E-state index contributed by atoms with van der Waals surface area (Å²) in [6.45, 7) is 4.03. The fraction of sp³-hybridized carbons (Fsp3) is 0.154. The summed E-state index contributed by atoms with van der Waals surface area (Å²) in [6.07, 6.45) is 1.65. The van der Waals surface area contributed by atoms with Gasteiger partial charge in [-0.05, 0) is 68.5 Å². The Morgan fingerprint density at radius 3 is 2.68 bits per heavy atom. The molecule has 34 heavy (non-hydrogen) atoms. The highest BCUT2D eigenvalue weighted by Gasteiger charge is 2.29. The van der Waals surface area contributed by atoms with Crippen LogP contribution in [0, 0.1) is 0 Å². The van der Waals surface area contributed by atoms with Gasteiger partial charge in [-0.3, -0.25) is 4.79 Å². The number of furan rings is 1. The molecule has 170 valence electrons. The highest BCUT2D eigenvalue weighted by Crippen LogP contribution is 2.30. The highest BCUT2D eigenvalue weighted by molar-refractivity contribution is 6.32. The van der Waals surface area contributed by atoms with Crippen molar-refractivity contribution >= 4 is 35.3 Å². The van der Waals surface area contributed by atoms with Gasteiger partial charge in [0.1, 0.15) is 18.1 Å². The number of cyclic esters (lactones) is 1. The third kappa shape index (κ3) is 3.79. The number of carbonyl (C=O) groups is 3. The quantitative estimate of drug-likeness (QED) is 0.411. The maximum atomic E-state index is 13.0. The fourth-order valence-electron chi connectivity index (χ4n) is 3.83. The summed E-state index contributed by atoms with van der Waals surface area (Å²) >= 11 is 0. The Kier molecular flexibility index (Phi) is 5.33. The number of anilines is 1. The van der Waals surface area contributed by atoms with Gasteiger partial charge in [-0.2, -0.15) is 10.1 Å². The molecule has 2 aliphatic rings. The van der Waals surface area contributed by atoms with Crippen LogP contribution in [0.1, 0.15) is 45.9 Å². The van der Waals surface area contributed by atoms with Crippen LogP contribution in [0.15, 0.2) is 69.7 Å². The topological polar surface area (TPSA) is 98.4 Å². The summed E-state index contributed by atoms with van der Waals surface area (Å²) in [7, 11) is 0. The zero-order chi connectivity index (χ0) is 23.8. The number of amides is 1. The van der Waals surface area contributed by atoms with E-state index in [2.05, 4.69) is 5.10 Å². The lowest BCUT2D eigenvalue weighted by Gasteiger charge is -2.12. The fourth-order valence-corrected chi connectivity index (χ4v) is 3.83. The zero-order valence-electron chi connectivity index (χ0n) is 18.5. The number of benzene rings is 2. The molecule has 3 aromatic rings. The Balaban J connectivity index is 1.36. The van der Waals surface area contributed by atoms with Gasteiger partial charge in [0.15, 0.2) is 0 Å². The van der Waals surface area contributed by atoms with Gasteiger partial charge in [-0.1, -0.05) is 6.07 Å². The lowest BCUT2D eigenvalue weighted by atomic mass is 10.0. The van der Waals surface area contributed by atoms with Gasteiger partial charge in [0.2, 0.25) is 0 Å². The van der Waals surface area contributed by atoms with Crippen LogP contribution in [0.2, 0.25) is 0 Å². The standard InChI is InChI=1S/C26H20N2O6/c1-3-32-25(30)16-4-7-19(8-5-16)28-24(29)22(15(2)27-28)13-20-9-11-23(34-20)17-6-10-21-18(12-17)14-33-26(21)31/h4-13H,3,14H2,1-2H3. The van der Waals surface area contributed by atoms with Crippen LogP contribution in [0.3, 0.4) is 0 Å². The number of esters is 2. The number of nitrogens with zero attached hydrogens (tertiary/aromatic N) is 2. The van der Waals surface area contributed by atoms with Crippen LogP contribution >= 0.6 is 0 Å².